The number of aromatic amines is 1. The number of sulfone groups is 1. The summed E-state index contributed by atoms with van der Waals surface area (Å²) in [5.41, 5.74) is 6.58. The monoisotopic (exact) mass is 1170 g/mol. The molecular weight excluding hydrogens is 1100 g/mol. The number of aliphatic hydroxyl groups is 1. The van der Waals surface area contributed by atoms with Crippen molar-refractivity contribution in [3.63, 3.8) is 0 Å². The van der Waals surface area contributed by atoms with E-state index in [-0.39, 0.29) is 109 Å². The number of carbonyl (C=O) groups excluding carboxylic acids is 8. The molecule has 1 saturated carbocycles. The molecule has 4 aliphatic rings. The normalized spacial score (nSPS) is 22.5. The molecule has 9 rings (SSSR count). The molecule has 2 unspecified atom stereocenters. The average Bonchev–Trinajstić information content (AvgIpc) is 3.28. The van der Waals surface area contributed by atoms with Gasteiger partial charge in [0.15, 0.2) is 9.84 Å². The maximum absolute atomic E-state index is 15.0. The highest BCUT2D eigenvalue weighted by atomic mass is 32.2. The maximum Gasteiger partial charge on any atom is 0.396 e. The number of carbonyl (C=O) groups is 8. The molecule has 7 amide bonds. The van der Waals surface area contributed by atoms with Crippen molar-refractivity contribution in [3.05, 3.63) is 99.6 Å². The van der Waals surface area contributed by atoms with Crippen molar-refractivity contribution < 1.29 is 66.2 Å². The lowest BCUT2D eigenvalue weighted by atomic mass is 9.78. The first-order valence-electron chi connectivity index (χ1n) is 27.3. The molecule has 82 heavy (non-hydrogen) atoms. The second-order valence-electron chi connectivity index (χ2n) is 22.1. The highest BCUT2D eigenvalue weighted by Crippen LogP contribution is 2.40. The van der Waals surface area contributed by atoms with Crippen molar-refractivity contribution in [3.8, 4) is 0 Å². The van der Waals surface area contributed by atoms with Gasteiger partial charge in [0.1, 0.15) is 30.0 Å². The molecule has 438 valence electrons. The lowest BCUT2D eigenvalue weighted by Crippen LogP contribution is -2.62. The van der Waals surface area contributed by atoms with Crippen LogP contribution < -0.4 is 32.7 Å². The van der Waals surface area contributed by atoms with E-state index in [9.17, 15) is 66.2 Å². The van der Waals surface area contributed by atoms with E-state index < -0.39 is 88.9 Å². The first-order valence-corrected chi connectivity index (χ1v) is 30.8. The van der Waals surface area contributed by atoms with Crippen LogP contribution in [0.5, 0.6) is 0 Å². The average molecular weight is 1170 g/mol. The fourth-order valence-corrected chi connectivity index (χ4v) is 13.1. The predicted octanol–water partition coefficient (Wildman–Crippen LogP) is 1.51. The largest absolute Gasteiger partial charge is 0.396 e. The number of amides is 7. The minimum atomic E-state index is -5.13. The van der Waals surface area contributed by atoms with E-state index in [1.807, 2.05) is 18.2 Å². The van der Waals surface area contributed by atoms with E-state index in [2.05, 4.69) is 26.3 Å². The quantitative estimate of drug-likeness (QED) is 0.0321. The van der Waals surface area contributed by atoms with E-state index in [1.54, 1.807) is 24.1 Å². The first kappa shape index (κ1) is 59.3. The number of fused-ring (bicyclic) bond motifs is 3. The summed E-state index contributed by atoms with van der Waals surface area (Å²) in [6.45, 7) is -0.0404. The number of nitrogens with two attached hydrogens (primary N) is 1. The number of primary amides is 1. The fraction of sp³-hybridized carbons (Fsp3) is 0.473. The minimum Gasteiger partial charge on any atom is -0.376 e. The Hall–Kier alpha value is -7.35. The highest BCUT2D eigenvalue weighted by Gasteiger charge is 2.46. The van der Waals surface area contributed by atoms with Crippen molar-refractivity contribution in [1.82, 2.24) is 45.2 Å². The van der Waals surface area contributed by atoms with Crippen LogP contribution >= 0.6 is 7.60 Å². The van der Waals surface area contributed by atoms with Gasteiger partial charge in [-0.05, 0) is 136 Å². The van der Waals surface area contributed by atoms with Gasteiger partial charge < -0.3 is 46.0 Å². The van der Waals surface area contributed by atoms with Gasteiger partial charge >= 0.3 is 13.3 Å². The number of aliphatic hydroxyl groups excluding tert-OH is 1. The van der Waals surface area contributed by atoms with Crippen LogP contribution in [-0.2, 0) is 63.2 Å². The van der Waals surface area contributed by atoms with Crippen LogP contribution in [0.2, 0.25) is 0 Å². The molecule has 5 heterocycles. The Balaban J connectivity index is 0.888. The molecule has 0 spiro atoms. The number of aromatic nitrogens is 3. The van der Waals surface area contributed by atoms with Crippen LogP contribution in [0.1, 0.15) is 115 Å². The molecule has 27 heteroatoms. The zero-order chi connectivity index (χ0) is 58.9. The summed E-state index contributed by atoms with van der Waals surface area (Å²) in [6, 6.07) is 11.9. The number of benzene rings is 3. The molecule has 6 atom stereocenters. The molecule has 2 aromatic heterocycles. The highest BCUT2D eigenvalue weighted by molar-refractivity contribution is 7.90. The number of H-pyrrole nitrogens is 1. The van der Waals surface area contributed by atoms with E-state index in [1.165, 1.54) is 50.4 Å². The van der Waals surface area contributed by atoms with E-state index in [0.717, 1.165) is 43.9 Å². The van der Waals surface area contributed by atoms with Crippen LogP contribution in [0, 0.1) is 11.8 Å². The topological polar surface area (TPSA) is 372 Å². The first-order chi connectivity index (χ1) is 38.8. The number of rotatable bonds is 19. The van der Waals surface area contributed by atoms with E-state index in [0.29, 0.717) is 35.0 Å². The third kappa shape index (κ3) is 13.3. The lowest BCUT2D eigenvalue weighted by molar-refractivity contribution is -0.146. The van der Waals surface area contributed by atoms with Crippen molar-refractivity contribution in [2.24, 2.45) is 24.6 Å². The standard InChI is InChI=1S/C55H67N10O15PS/c1-62-45-24-33(9-16-42(45)65(55(62)75)44-18-20-47(67)61-52(44)72)23-30-3-5-31(6-4-30)25-48(68)63-22-21-36-11-17-43(51(71)59-39(15-19-46(56)66)49(69)57-28-32-7-12-37(13-8-32)82(2,79)80)64(36)53(73)41(29-63)60-50(70)40-27-35-26-34(10-14-38(35)58-40)54(74)81(76,77)78/h7-10,12-14,16,24,26-27,30-31,36,39,41,43-44,49,57-58,69H,3-6,11,15,17-23,25,28-29H2,1-2H3,(H2,56,66)(H,59,71)(H,60,70)(H,61,67,72)(H2,76,77,78)/t30-,31-,36-,39+,41+,43+,44?,49?/m1/s1. The Kier molecular flexibility index (Phi) is 17.5. The number of hydrogen-bond acceptors (Lipinski definition) is 14. The number of imide groups is 1. The second-order valence-corrected chi connectivity index (χ2v) is 25.6. The smallest absolute Gasteiger partial charge is 0.376 e. The van der Waals surface area contributed by atoms with Crippen LogP contribution in [0.3, 0.4) is 0 Å². The van der Waals surface area contributed by atoms with E-state index in [4.69, 9.17) is 5.73 Å². The molecule has 5 aromatic rings. The third-order valence-corrected chi connectivity index (χ3v) is 18.4. The molecule has 3 saturated heterocycles. The SMILES string of the molecule is Cn1c(=O)n(C2CCC(=O)NC2=O)c2ccc(C[C@H]3CC[C@H](CC(=O)N4CC[C@H]5CC[C@@H](C(=O)N[C@@H](CCC(N)=O)C(O)NCc6ccc(S(C)(=O)=O)cc6)N5C(=O)[C@@H](NC(=O)c5cc6cc(C(=O)P(=O)(O)O)ccc6[nH]5)C4)CC3)cc21. The maximum atomic E-state index is 15.0. The summed E-state index contributed by atoms with van der Waals surface area (Å²) >= 11 is 0. The Labute approximate surface area is 470 Å². The summed E-state index contributed by atoms with van der Waals surface area (Å²) in [6.07, 6.45) is 4.54. The van der Waals surface area contributed by atoms with Gasteiger partial charge in [-0.2, -0.15) is 0 Å². The molecule has 25 nitrogen and oxygen atoms in total. The van der Waals surface area contributed by atoms with E-state index >= 15 is 4.79 Å². The van der Waals surface area contributed by atoms with Gasteiger partial charge in [0.2, 0.25) is 35.4 Å². The molecule has 10 N–H and O–H groups in total. The molecule has 4 fully saturated rings. The summed E-state index contributed by atoms with van der Waals surface area (Å²) in [5, 5.41) is 22.4. The third-order valence-electron chi connectivity index (χ3n) is 16.4. The Morgan fingerprint density at radius 3 is 2.24 bits per heavy atom. The van der Waals surface area contributed by atoms with Crippen molar-refractivity contribution in [2.45, 2.75) is 131 Å². The number of hydrogen-bond donors (Lipinski definition) is 9. The van der Waals surface area contributed by atoms with Gasteiger partial charge in [0.05, 0.1) is 22.0 Å². The molecular formula is C55H67N10O15PS. The summed E-state index contributed by atoms with van der Waals surface area (Å²) in [7, 11) is -6.94. The molecule has 0 radical (unpaired) electrons. The zero-order valence-electron chi connectivity index (χ0n) is 45.2. The predicted molar refractivity (Wildman–Crippen MR) is 296 cm³/mol. The summed E-state index contributed by atoms with van der Waals surface area (Å²) < 4.78 is 38.7. The molecule has 1 aliphatic carbocycles. The van der Waals surface area contributed by atoms with Crippen LogP contribution in [0.4, 0.5) is 0 Å². The second kappa shape index (κ2) is 24.2. The minimum absolute atomic E-state index is 0.0151. The number of nitrogens with one attached hydrogen (secondary N) is 5. The van der Waals surface area contributed by atoms with Crippen molar-refractivity contribution in [1.29, 1.82) is 0 Å². The Morgan fingerprint density at radius 2 is 1.56 bits per heavy atom. The van der Waals surface area contributed by atoms with Crippen molar-refractivity contribution >= 4 is 86.2 Å². The summed E-state index contributed by atoms with van der Waals surface area (Å²) in [4.78, 5) is 145. The number of piperidine rings is 1. The van der Waals surface area contributed by atoms with Crippen LogP contribution in [0.25, 0.3) is 21.9 Å². The van der Waals surface area contributed by atoms with Gasteiger partial charge in [-0.3, -0.25) is 62.7 Å². The van der Waals surface area contributed by atoms with Crippen LogP contribution in [0.15, 0.2) is 76.4 Å². The fourth-order valence-electron chi connectivity index (χ4n) is 12.0. The Bertz CT molecular complexity index is 3580. The Morgan fingerprint density at radius 1 is 0.854 bits per heavy atom. The van der Waals surface area contributed by atoms with Crippen molar-refractivity contribution in [2.75, 3.05) is 19.3 Å². The van der Waals surface area contributed by atoms with Gasteiger partial charge in [0.25, 0.3) is 11.4 Å². The molecule has 3 aromatic carbocycles. The van der Waals surface area contributed by atoms with Gasteiger partial charge in [-0.15, -0.1) is 0 Å². The zero-order valence-corrected chi connectivity index (χ0v) is 47.0. The number of aryl methyl sites for hydroxylation is 1. The van der Waals surface area contributed by atoms with Gasteiger partial charge in [-0.1, -0.05) is 18.2 Å². The molecule has 0 bridgehead atoms. The summed E-state index contributed by atoms with van der Waals surface area (Å²) in [5.74, 6) is -3.59. The van der Waals surface area contributed by atoms with Crippen LogP contribution in [-0.4, -0.2) is 144 Å². The van der Waals surface area contributed by atoms with Gasteiger partial charge in [-0.25, -0.2) is 13.2 Å². The molecule has 3 aliphatic heterocycles. The lowest BCUT2D eigenvalue weighted by Gasteiger charge is -2.39. The number of imidazole rings is 1. The number of nitrogens with zero attached hydrogens (tertiary/aromatic N) is 4. The van der Waals surface area contributed by atoms with Gasteiger partial charge in [0, 0.05) is 74.7 Å².